The van der Waals surface area contributed by atoms with Crippen molar-refractivity contribution in [3.8, 4) is 0 Å². The van der Waals surface area contributed by atoms with E-state index in [1.807, 2.05) is 12.4 Å². The maximum Gasteiger partial charge on any atom is 0.0355 e. The Hall–Kier alpha value is -1.12. The third-order valence-electron chi connectivity index (χ3n) is 2.21. The molecule has 1 aromatic heterocycles. The fourth-order valence-corrected chi connectivity index (χ4v) is 2.56. The van der Waals surface area contributed by atoms with E-state index in [2.05, 4.69) is 34.6 Å². The average Bonchev–Trinajstić information content (AvgIpc) is 2.44. The van der Waals surface area contributed by atoms with Gasteiger partial charge < -0.3 is 0 Å². The van der Waals surface area contributed by atoms with Crippen LogP contribution in [0.3, 0.4) is 0 Å². The summed E-state index contributed by atoms with van der Waals surface area (Å²) in [4.78, 5) is 4.18. The highest BCUT2D eigenvalue weighted by atomic mass is 35.5. The maximum atomic E-state index is 4.18. The van der Waals surface area contributed by atoms with Crippen LogP contribution in [0.2, 0.25) is 0 Å². The van der Waals surface area contributed by atoms with Gasteiger partial charge in [0, 0.05) is 33.4 Å². The van der Waals surface area contributed by atoms with Crippen LogP contribution < -0.4 is 0 Å². The molecule has 0 atom stereocenters. The lowest BCUT2D eigenvalue weighted by atomic mass is 10.1. The van der Waals surface area contributed by atoms with Crippen molar-refractivity contribution < 1.29 is 0 Å². The van der Waals surface area contributed by atoms with Gasteiger partial charge in [-0.25, -0.2) is 0 Å². The number of nitrogens with zero attached hydrogens (tertiary/aromatic N) is 1. The van der Waals surface area contributed by atoms with E-state index >= 15 is 0 Å². The van der Waals surface area contributed by atoms with Crippen molar-refractivity contribution in [1.29, 1.82) is 0 Å². The number of aliphatic imine (C=N–C) groups is 1. The summed E-state index contributed by atoms with van der Waals surface area (Å²) in [5.41, 5.74) is 2.51. The molecule has 14 heavy (non-hydrogen) atoms. The van der Waals surface area contributed by atoms with E-state index in [4.69, 9.17) is 0 Å². The molecule has 1 aromatic carbocycles. The first-order valence-electron chi connectivity index (χ1n) is 4.15. The Morgan fingerprint density at radius 2 is 2.07 bits per heavy atom. The van der Waals surface area contributed by atoms with Crippen LogP contribution in [0.1, 0.15) is 11.1 Å². The molecular weight excluding hydrogens is 214 g/mol. The van der Waals surface area contributed by atoms with Gasteiger partial charge >= 0.3 is 0 Å². The van der Waals surface area contributed by atoms with Crippen LogP contribution in [0.15, 0.2) is 34.8 Å². The van der Waals surface area contributed by atoms with Crippen LogP contribution in [0.4, 0.5) is 0 Å². The molecule has 0 amide bonds. The Labute approximate surface area is 92.2 Å². The molecule has 0 bridgehead atoms. The highest BCUT2D eigenvalue weighted by molar-refractivity contribution is 7.17. The van der Waals surface area contributed by atoms with Crippen molar-refractivity contribution in [3.63, 3.8) is 0 Å². The third kappa shape index (κ3) is 1.27. The van der Waals surface area contributed by atoms with Crippen LogP contribution in [0.25, 0.3) is 16.2 Å². The molecule has 1 nitrogen and oxygen atoms in total. The summed E-state index contributed by atoms with van der Waals surface area (Å²) < 4.78 is 1.34. The first-order valence-corrected chi connectivity index (χ1v) is 5.03. The second kappa shape index (κ2) is 3.56. The van der Waals surface area contributed by atoms with E-state index in [1.54, 1.807) is 11.3 Å². The summed E-state index contributed by atoms with van der Waals surface area (Å²) in [5.74, 6) is 0. The molecule has 0 spiro atoms. The van der Waals surface area contributed by atoms with Gasteiger partial charge in [0.15, 0.2) is 0 Å². The molecule has 0 saturated carbocycles. The van der Waals surface area contributed by atoms with E-state index in [0.717, 1.165) is 0 Å². The zero-order valence-electron chi connectivity index (χ0n) is 7.31. The Balaban J connectivity index is 0.000000750. The maximum absolute atomic E-state index is 4.18. The lowest BCUT2D eigenvalue weighted by molar-refractivity contribution is 1.63. The smallest absolute Gasteiger partial charge is 0.0355 e. The van der Waals surface area contributed by atoms with Gasteiger partial charge in [0.05, 0.1) is 0 Å². The quantitative estimate of drug-likeness (QED) is 0.643. The number of hydrogen-bond acceptors (Lipinski definition) is 2. The van der Waals surface area contributed by atoms with Crippen molar-refractivity contribution in [3.05, 3.63) is 40.9 Å². The summed E-state index contributed by atoms with van der Waals surface area (Å²) >= 11 is 1.78. The summed E-state index contributed by atoms with van der Waals surface area (Å²) in [7, 11) is 0. The van der Waals surface area contributed by atoms with E-state index in [-0.39, 0.29) is 12.4 Å². The number of thiophene rings is 1. The standard InChI is InChI=1S/C11H7NS.ClH/c1-2-8-4-5-12-6-9-7-13-10(3-1)11(8)9;/h1-7H;1H. The fraction of sp³-hybridized carbons (Fsp3) is 0. The van der Waals surface area contributed by atoms with Crippen molar-refractivity contribution in [1.82, 2.24) is 0 Å². The number of benzene rings is 1. The minimum atomic E-state index is 0. The zero-order chi connectivity index (χ0) is 8.67. The molecule has 0 radical (unpaired) electrons. The molecule has 0 fully saturated rings. The summed E-state index contributed by atoms with van der Waals surface area (Å²) in [6, 6.07) is 6.37. The number of rotatable bonds is 0. The van der Waals surface area contributed by atoms with Gasteiger partial charge in [0.2, 0.25) is 0 Å². The molecule has 2 aromatic rings. The van der Waals surface area contributed by atoms with Crippen molar-refractivity contribution in [2.45, 2.75) is 0 Å². The van der Waals surface area contributed by atoms with E-state index in [9.17, 15) is 0 Å². The molecular formula is C11H8ClNS. The molecule has 3 heteroatoms. The Kier molecular flexibility index (Phi) is 2.40. The second-order valence-electron chi connectivity index (χ2n) is 3.01. The van der Waals surface area contributed by atoms with Gasteiger partial charge in [-0.15, -0.1) is 23.7 Å². The second-order valence-corrected chi connectivity index (χ2v) is 3.92. The first kappa shape index (κ1) is 9.44. The predicted octanol–water partition coefficient (Wildman–Crippen LogP) is 3.73. The topological polar surface area (TPSA) is 12.4 Å². The van der Waals surface area contributed by atoms with Crippen LogP contribution in [-0.2, 0) is 0 Å². The normalized spacial score (nSPS) is 12.6. The third-order valence-corrected chi connectivity index (χ3v) is 3.18. The summed E-state index contributed by atoms with van der Waals surface area (Å²) in [6.45, 7) is 0. The molecule has 0 saturated heterocycles. The molecule has 0 aliphatic carbocycles. The summed E-state index contributed by atoms with van der Waals surface area (Å²) in [5, 5.41) is 3.50. The van der Waals surface area contributed by atoms with Gasteiger partial charge in [-0.2, -0.15) is 0 Å². The molecule has 1 aliphatic heterocycles. The van der Waals surface area contributed by atoms with Crippen LogP contribution in [0.5, 0.6) is 0 Å². The van der Waals surface area contributed by atoms with E-state index in [0.29, 0.717) is 0 Å². The predicted molar refractivity (Wildman–Crippen MR) is 65.7 cm³/mol. The van der Waals surface area contributed by atoms with Gasteiger partial charge in [-0.1, -0.05) is 12.1 Å². The monoisotopic (exact) mass is 221 g/mol. The molecule has 0 unspecified atom stereocenters. The molecule has 1 aliphatic rings. The molecule has 0 N–H and O–H groups in total. The lowest BCUT2D eigenvalue weighted by Crippen LogP contribution is -1.77. The van der Waals surface area contributed by atoms with Crippen molar-refractivity contribution >= 4 is 46.1 Å². The summed E-state index contributed by atoms with van der Waals surface area (Å²) in [6.07, 6.45) is 5.83. The fourth-order valence-electron chi connectivity index (χ4n) is 1.62. The first-order chi connectivity index (χ1) is 6.45. The van der Waals surface area contributed by atoms with Crippen LogP contribution >= 0.6 is 23.7 Å². The zero-order valence-corrected chi connectivity index (χ0v) is 8.94. The SMILES string of the molecule is C1=Cc2cccc3scc(c23)C=N1.Cl. The minimum Gasteiger partial charge on any atom is -0.264 e. The van der Waals surface area contributed by atoms with Crippen LogP contribution in [0, 0.1) is 0 Å². The number of hydrogen-bond donors (Lipinski definition) is 0. The largest absolute Gasteiger partial charge is 0.264 e. The van der Waals surface area contributed by atoms with Gasteiger partial charge in [0.1, 0.15) is 0 Å². The highest BCUT2D eigenvalue weighted by Gasteiger charge is 2.06. The minimum absolute atomic E-state index is 0. The van der Waals surface area contributed by atoms with Crippen molar-refractivity contribution in [2.75, 3.05) is 0 Å². The van der Waals surface area contributed by atoms with Gasteiger partial charge in [-0.3, -0.25) is 4.99 Å². The van der Waals surface area contributed by atoms with Crippen LogP contribution in [-0.4, -0.2) is 6.21 Å². The van der Waals surface area contributed by atoms with Crippen molar-refractivity contribution in [2.24, 2.45) is 4.99 Å². The van der Waals surface area contributed by atoms with E-state index in [1.165, 1.54) is 21.2 Å². The molecule has 3 rings (SSSR count). The molecule has 2 heterocycles. The lowest BCUT2D eigenvalue weighted by Gasteiger charge is -1.95. The average molecular weight is 222 g/mol. The Morgan fingerprint density at radius 1 is 1.14 bits per heavy atom. The Bertz CT molecular complexity index is 525. The molecule has 70 valence electrons. The Morgan fingerprint density at radius 3 is 3.00 bits per heavy atom. The van der Waals surface area contributed by atoms with E-state index < -0.39 is 0 Å². The number of halogens is 1. The van der Waals surface area contributed by atoms with Gasteiger partial charge in [0.25, 0.3) is 0 Å². The van der Waals surface area contributed by atoms with Gasteiger partial charge in [-0.05, 0) is 17.7 Å². The highest BCUT2D eigenvalue weighted by Crippen LogP contribution is 2.29.